The van der Waals surface area contributed by atoms with Gasteiger partial charge >= 0.3 is 11.9 Å². The Kier molecular flexibility index (Phi) is 4.28. The van der Waals surface area contributed by atoms with Crippen LogP contribution in [0.5, 0.6) is 0 Å². The van der Waals surface area contributed by atoms with Crippen LogP contribution in [-0.2, 0) is 23.9 Å². The quantitative estimate of drug-likeness (QED) is 0.648. The van der Waals surface area contributed by atoms with Crippen molar-refractivity contribution in [2.24, 2.45) is 0 Å². The second-order valence-corrected chi connectivity index (χ2v) is 4.21. The van der Waals surface area contributed by atoms with Gasteiger partial charge in [0.25, 0.3) is 0 Å². The van der Waals surface area contributed by atoms with Gasteiger partial charge < -0.3 is 19.7 Å². The molecule has 0 aromatic carbocycles. The third-order valence-corrected chi connectivity index (χ3v) is 3.29. The number of carbonyl (C=O) groups excluding carboxylic acids is 3. The summed E-state index contributed by atoms with van der Waals surface area (Å²) in [4.78, 5) is 36.3. The number of esters is 2. The van der Waals surface area contributed by atoms with Crippen LogP contribution in [0.4, 0.5) is 0 Å². The van der Waals surface area contributed by atoms with Gasteiger partial charge in [-0.15, -0.1) is 0 Å². The zero-order valence-corrected chi connectivity index (χ0v) is 11.0. The molecule has 0 saturated carbocycles. The minimum absolute atomic E-state index is 0.0886. The average molecular weight is 258 g/mol. The SMILES string of the molecule is CN[C@@]1(C(=O)OC)C[C@@H](C(=O)OC)N(C(C)=O)C1. The van der Waals surface area contributed by atoms with E-state index in [1.54, 1.807) is 7.05 Å². The second kappa shape index (κ2) is 5.34. The van der Waals surface area contributed by atoms with Gasteiger partial charge in [0.2, 0.25) is 5.91 Å². The molecule has 0 radical (unpaired) electrons. The minimum Gasteiger partial charge on any atom is -0.468 e. The van der Waals surface area contributed by atoms with Gasteiger partial charge in [-0.1, -0.05) is 0 Å². The molecule has 1 aliphatic heterocycles. The molecular weight excluding hydrogens is 240 g/mol. The van der Waals surface area contributed by atoms with E-state index in [4.69, 9.17) is 4.74 Å². The van der Waals surface area contributed by atoms with E-state index in [0.717, 1.165) is 0 Å². The van der Waals surface area contributed by atoms with Crippen LogP contribution < -0.4 is 5.32 Å². The van der Waals surface area contributed by atoms with Crippen LogP contribution >= 0.6 is 0 Å². The number of amides is 1. The van der Waals surface area contributed by atoms with Crippen molar-refractivity contribution in [1.29, 1.82) is 0 Å². The molecule has 18 heavy (non-hydrogen) atoms. The van der Waals surface area contributed by atoms with E-state index in [2.05, 4.69) is 10.1 Å². The number of hydrogen-bond acceptors (Lipinski definition) is 6. The monoisotopic (exact) mass is 258 g/mol. The standard InChI is InChI=1S/C11H18N2O5/c1-7(14)13-6-11(12-2,10(16)18-4)5-8(13)9(15)17-3/h8,12H,5-6H2,1-4H3/t8-,11-/m0/s1. The fourth-order valence-corrected chi connectivity index (χ4v) is 2.21. The molecule has 1 fully saturated rings. The van der Waals surface area contributed by atoms with E-state index in [0.29, 0.717) is 0 Å². The topological polar surface area (TPSA) is 84.9 Å². The first-order valence-electron chi connectivity index (χ1n) is 5.54. The Hall–Kier alpha value is -1.63. The van der Waals surface area contributed by atoms with Gasteiger partial charge in [-0.2, -0.15) is 0 Å². The maximum atomic E-state index is 11.8. The van der Waals surface area contributed by atoms with Crippen molar-refractivity contribution in [3.8, 4) is 0 Å². The summed E-state index contributed by atoms with van der Waals surface area (Å²) in [5.74, 6) is -1.32. The van der Waals surface area contributed by atoms with Crippen molar-refractivity contribution in [3.63, 3.8) is 0 Å². The lowest BCUT2D eigenvalue weighted by atomic mass is 9.96. The summed E-state index contributed by atoms with van der Waals surface area (Å²) in [6, 6.07) is -0.765. The van der Waals surface area contributed by atoms with Crippen molar-refractivity contribution in [2.75, 3.05) is 27.8 Å². The highest BCUT2D eigenvalue weighted by molar-refractivity contribution is 5.89. The van der Waals surface area contributed by atoms with Crippen LogP contribution in [0.3, 0.4) is 0 Å². The Morgan fingerprint density at radius 1 is 1.28 bits per heavy atom. The van der Waals surface area contributed by atoms with Gasteiger partial charge in [-0.25, -0.2) is 9.59 Å². The Balaban J connectivity index is 3.05. The number of rotatable bonds is 3. The number of nitrogens with one attached hydrogen (secondary N) is 1. The van der Waals surface area contributed by atoms with E-state index in [1.165, 1.54) is 26.0 Å². The first kappa shape index (κ1) is 14.4. The average Bonchev–Trinajstić information content (AvgIpc) is 2.78. The molecule has 102 valence electrons. The molecule has 0 bridgehead atoms. The maximum absolute atomic E-state index is 11.8. The lowest BCUT2D eigenvalue weighted by Gasteiger charge is -2.25. The molecule has 7 nitrogen and oxygen atoms in total. The molecule has 1 heterocycles. The molecular formula is C11H18N2O5. The van der Waals surface area contributed by atoms with E-state index in [1.807, 2.05) is 0 Å². The Bertz CT molecular complexity index is 370. The summed E-state index contributed by atoms with van der Waals surface area (Å²) in [5.41, 5.74) is -1.06. The summed E-state index contributed by atoms with van der Waals surface area (Å²) >= 11 is 0. The Morgan fingerprint density at radius 2 is 1.89 bits per heavy atom. The molecule has 0 aromatic heterocycles. The molecule has 0 unspecified atom stereocenters. The normalized spacial score (nSPS) is 26.9. The van der Waals surface area contributed by atoms with E-state index in [9.17, 15) is 14.4 Å². The zero-order valence-electron chi connectivity index (χ0n) is 11.0. The number of likely N-dealkylation sites (tertiary alicyclic amines) is 1. The van der Waals surface area contributed by atoms with Gasteiger partial charge in [-0.05, 0) is 7.05 Å². The van der Waals surface area contributed by atoms with Crippen LogP contribution in [0.25, 0.3) is 0 Å². The predicted molar refractivity (Wildman–Crippen MR) is 61.6 cm³/mol. The van der Waals surface area contributed by atoms with Crippen molar-refractivity contribution in [2.45, 2.75) is 24.9 Å². The highest BCUT2D eigenvalue weighted by Gasteiger charge is 2.53. The fraction of sp³-hybridized carbons (Fsp3) is 0.727. The number of carbonyl (C=O) groups is 3. The first-order valence-corrected chi connectivity index (χ1v) is 5.54. The molecule has 0 spiro atoms. The third kappa shape index (κ3) is 2.31. The highest BCUT2D eigenvalue weighted by Crippen LogP contribution is 2.29. The lowest BCUT2D eigenvalue weighted by Crippen LogP contribution is -2.53. The molecule has 1 amide bonds. The molecule has 1 rings (SSSR count). The Morgan fingerprint density at radius 3 is 2.28 bits per heavy atom. The Labute approximate surface area is 105 Å². The number of hydrogen-bond donors (Lipinski definition) is 1. The smallest absolute Gasteiger partial charge is 0.328 e. The van der Waals surface area contributed by atoms with Gasteiger partial charge in [-0.3, -0.25) is 4.79 Å². The largest absolute Gasteiger partial charge is 0.468 e. The van der Waals surface area contributed by atoms with Crippen molar-refractivity contribution in [3.05, 3.63) is 0 Å². The summed E-state index contributed by atoms with van der Waals surface area (Å²) in [6.07, 6.45) is 0.141. The second-order valence-electron chi connectivity index (χ2n) is 4.21. The maximum Gasteiger partial charge on any atom is 0.328 e. The van der Waals surface area contributed by atoms with Crippen LogP contribution in [0.1, 0.15) is 13.3 Å². The molecule has 0 aromatic rings. The van der Waals surface area contributed by atoms with Crippen LogP contribution in [0, 0.1) is 0 Å². The molecule has 0 aliphatic carbocycles. The van der Waals surface area contributed by atoms with E-state index >= 15 is 0 Å². The van der Waals surface area contributed by atoms with Gasteiger partial charge in [0.05, 0.1) is 20.8 Å². The van der Waals surface area contributed by atoms with Crippen LogP contribution in [0.2, 0.25) is 0 Å². The summed E-state index contributed by atoms with van der Waals surface area (Å²) in [5, 5.41) is 2.85. The predicted octanol–water partition coefficient (Wildman–Crippen LogP) is -1.09. The van der Waals surface area contributed by atoms with Gasteiger partial charge in [0.15, 0.2) is 0 Å². The molecule has 1 aliphatic rings. The van der Waals surface area contributed by atoms with Crippen LogP contribution in [0.15, 0.2) is 0 Å². The number of methoxy groups -OCH3 is 2. The van der Waals surface area contributed by atoms with E-state index < -0.39 is 23.5 Å². The van der Waals surface area contributed by atoms with Crippen LogP contribution in [-0.4, -0.2) is 62.1 Å². The van der Waals surface area contributed by atoms with E-state index in [-0.39, 0.29) is 18.9 Å². The van der Waals surface area contributed by atoms with Crippen molar-refractivity contribution >= 4 is 17.8 Å². The van der Waals surface area contributed by atoms with Gasteiger partial charge in [0, 0.05) is 13.3 Å². The lowest BCUT2D eigenvalue weighted by molar-refractivity contribution is -0.150. The molecule has 7 heteroatoms. The summed E-state index contributed by atoms with van der Waals surface area (Å²) in [7, 11) is 4.11. The summed E-state index contributed by atoms with van der Waals surface area (Å²) in [6.45, 7) is 1.43. The number of ether oxygens (including phenoxy) is 2. The van der Waals surface area contributed by atoms with Crippen molar-refractivity contribution in [1.82, 2.24) is 10.2 Å². The number of likely N-dealkylation sites (N-methyl/N-ethyl adjacent to an activating group) is 1. The van der Waals surface area contributed by atoms with Gasteiger partial charge in [0.1, 0.15) is 11.6 Å². The summed E-state index contributed by atoms with van der Waals surface area (Å²) < 4.78 is 9.38. The molecule has 2 atom stereocenters. The van der Waals surface area contributed by atoms with Crippen molar-refractivity contribution < 1.29 is 23.9 Å². The fourth-order valence-electron chi connectivity index (χ4n) is 2.21. The molecule has 1 N–H and O–H groups in total. The minimum atomic E-state index is -1.06. The zero-order chi connectivity index (χ0) is 13.9. The highest BCUT2D eigenvalue weighted by atomic mass is 16.5. The third-order valence-electron chi connectivity index (χ3n) is 3.29. The molecule has 1 saturated heterocycles. The first-order chi connectivity index (χ1) is 8.41. The number of nitrogens with zero attached hydrogens (tertiary/aromatic N) is 1.